The highest BCUT2D eigenvalue weighted by molar-refractivity contribution is 5.73. The predicted molar refractivity (Wildman–Crippen MR) is 257 cm³/mol. The number of cyclic esters (lactones) is 1. The summed E-state index contributed by atoms with van der Waals surface area (Å²) in [6.45, 7) is 17.6. The van der Waals surface area contributed by atoms with Gasteiger partial charge in [-0.3, -0.25) is 4.79 Å². The second kappa shape index (κ2) is 24.2. The van der Waals surface area contributed by atoms with E-state index in [0.717, 1.165) is 5.56 Å². The number of ether oxygens (including phenoxy) is 6. The third kappa shape index (κ3) is 13.5. The summed E-state index contributed by atoms with van der Waals surface area (Å²) in [6, 6.07) is 7.46. The minimum absolute atomic E-state index is 0.0863. The van der Waals surface area contributed by atoms with Crippen molar-refractivity contribution in [2.45, 2.75) is 204 Å². The Bertz CT molecular complexity index is 2010. The number of hydrogen-bond acceptors (Lipinski definition) is 17. The molecule has 0 amide bonds. The standard InChI is InChI=1S/C51H83FN6O12/c1-14-40-51(10,64)44(60)33(6)57(12)27-29(2)23-49(8,63)46(31(4)43(32(5)47(62)68-40)69-41-24-50(9,65-13)45(61)34(7)67-41)70-48-42(59)39(21-30(3)66-48)56(11)20-19-37-28-58(55-54-37)38(25-52)22-35-15-17-36(26-53)18-16-35/h15-18,28-34,38-46,48,59-61,63-64H,14,19-25,27H2,1-13H3/t29-,30-,31+,32-,33-,34+,38+,39+,40-,41+,42-,43+,44-,45+,46-,48+,49-,50-,51-/m1/s1. The summed E-state index contributed by atoms with van der Waals surface area (Å²) in [7, 11) is 5.20. The van der Waals surface area contributed by atoms with Crippen LogP contribution in [0.25, 0.3) is 0 Å². The van der Waals surface area contributed by atoms with Crippen LogP contribution in [0.2, 0.25) is 0 Å². The highest BCUT2D eigenvalue weighted by atomic mass is 19.1. The number of hydrogen-bond donors (Lipinski definition) is 5. The Balaban J connectivity index is 1.44. The molecule has 0 saturated carbocycles. The van der Waals surface area contributed by atoms with E-state index in [1.165, 1.54) is 18.7 Å². The van der Waals surface area contributed by atoms with Gasteiger partial charge >= 0.3 is 5.97 Å². The Morgan fingerprint density at radius 1 is 1.01 bits per heavy atom. The lowest BCUT2D eigenvalue weighted by Crippen LogP contribution is -2.61. The number of carbonyl (C=O) groups is 1. The maximum Gasteiger partial charge on any atom is 0.311 e. The van der Waals surface area contributed by atoms with E-state index in [9.17, 15) is 34.7 Å². The number of rotatable bonds is 14. The Morgan fingerprint density at radius 3 is 2.30 bits per heavy atom. The molecule has 1 aromatic heterocycles. The summed E-state index contributed by atoms with van der Waals surface area (Å²) >= 11 is 0. The van der Waals surface area contributed by atoms with Gasteiger partial charge in [-0.15, -0.1) is 5.10 Å². The van der Waals surface area contributed by atoms with E-state index in [-0.39, 0.29) is 25.2 Å². The largest absolute Gasteiger partial charge is 0.459 e. The quantitative estimate of drug-likeness (QED) is 0.170. The zero-order valence-electron chi connectivity index (χ0n) is 43.6. The highest BCUT2D eigenvalue weighted by Gasteiger charge is 2.53. The number of aliphatic hydroxyl groups excluding tert-OH is 3. The van der Waals surface area contributed by atoms with Crippen LogP contribution in [0.4, 0.5) is 4.39 Å². The lowest BCUT2D eigenvalue weighted by atomic mass is 9.77. The zero-order chi connectivity index (χ0) is 52.0. The molecule has 19 heteroatoms. The van der Waals surface area contributed by atoms with Crippen LogP contribution < -0.4 is 0 Å². The molecule has 0 spiro atoms. The average molecular weight is 991 g/mol. The number of aliphatic hydroxyl groups is 5. The second-order valence-corrected chi connectivity index (χ2v) is 21.4. The van der Waals surface area contributed by atoms with Crippen molar-refractivity contribution in [1.82, 2.24) is 24.8 Å². The van der Waals surface area contributed by atoms with Gasteiger partial charge in [0, 0.05) is 57.2 Å². The molecular formula is C51H83FN6O12. The normalized spacial score (nSPS) is 40.2. The average Bonchev–Trinajstić information content (AvgIpc) is 3.79. The van der Waals surface area contributed by atoms with Gasteiger partial charge in [0.1, 0.15) is 36.7 Å². The molecule has 18 nitrogen and oxygen atoms in total. The Labute approximate surface area is 414 Å². The fourth-order valence-electron chi connectivity index (χ4n) is 10.9. The van der Waals surface area contributed by atoms with Gasteiger partial charge in [-0.2, -0.15) is 5.26 Å². The van der Waals surface area contributed by atoms with Gasteiger partial charge in [-0.1, -0.05) is 38.1 Å². The molecular weight excluding hydrogens is 908 g/mol. The minimum Gasteiger partial charge on any atom is -0.459 e. The molecule has 19 atom stereocenters. The van der Waals surface area contributed by atoms with Crippen LogP contribution >= 0.6 is 0 Å². The fraction of sp³-hybridized carbons (Fsp3) is 0.804. The zero-order valence-corrected chi connectivity index (χ0v) is 43.6. The lowest BCUT2D eigenvalue weighted by Gasteiger charge is -2.49. The molecule has 3 saturated heterocycles. The molecule has 3 fully saturated rings. The van der Waals surface area contributed by atoms with Crippen LogP contribution in [-0.4, -0.2) is 188 Å². The predicted octanol–water partition coefficient (Wildman–Crippen LogP) is 3.73. The van der Waals surface area contributed by atoms with Crippen LogP contribution in [-0.2, 0) is 46.1 Å². The SMILES string of the molecule is CC[C@H]1OC(=O)[C@H](C)[C@@H](O[C@H]2C[C@@](C)(OC)[C@@H](O)[C@H](C)O2)[C@H](C)[C@@H](O[C@@H]2O[C@H](C)C[C@H](N(C)CCc3cn([C@H](CF)Cc4ccc(C#N)cc4)nn3)[C@H]2O)[C@](C)(O)C[C@@H](C)CN(C)[C@H](C)[C@@H](O)[C@]1(C)O. The number of benzene rings is 1. The lowest BCUT2D eigenvalue weighted by molar-refractivity contribution is -0.318. The molecule has 396 valence electrons. The van der Waals surface area contributed by atoms with Crippen LogP contribution in [0.3, 0.4) is 0 Å². The van der Waals surface area contributed by atoms with E-state index in [4.69, 9.17) is 33.7 Å². The van der Waals surface area contributed by atoms with Crippen molar-refractivity contribution in [3.05, 3.63) is 47.3 Å². The monoisotopic (exact) mass is 991 g/mol. The number of aromatic nitrogens is 3. The van der Waals surface area contributed by atoms with Gasteiger partial charge in [0.25, 0.3) is 0 Å². The van der Waals surface area contributed by atoms with E-state index < -0.39 is 121 Å². The highest BCUT2D eigenvalue weighted by Crippen LogP contribution is 2.40. The maximum atomic E-state index is 14.5. The van der Waals surface area contributed by atoms with Crippen molar-refractivity contribution in [3.63, 3.8) is 0 Å². The summed E-state index contributed by atoms with van der Waals surface area (Å²) in [6.07, 6.45) is -6.84. The van der Waals surface area contributed by atoms with Gasteiger partial charge in [-0.25, -0.2) is 9.07 Å². The van der Waals surface area contributed by atoms with Crippen LogP contribution in [0.15, 0.2) is 30.5 Å². The number of halogens is 1. The van der Waals surface area contributed by atoms with Crippen LogP contribution in [0.5, 0.6) is 0 Å². The topological polar surface area (TPSA) is 235 Å². The Morgan fingerprint density at radius 2 is 1.69 bits per heavy atom. The van der Waals surface area contributed by atoms with E-state index in [0.29, 0.717) is 43.6 Å². The molecule has 5 rings (SSSR count). The second-order valence-electron chi connectivity index (χ2n) is 21.4. The number of carbonyl (C=O) groups excluding carboxylic acids is 1. The first-order chi connectivity index (χ1) is 32.8. The summed E-state index contributed by atoms with van der Waals surface area (Å²) in [5.41, 5.74) is -2.55. The van der Waals surface area contributed by atoms with Crippen molar-refractivity contribution < 1.29 is 63.1 Å². The molecule has 0 unspecified atom stereocenters. The third-order valence-electron chi connectivity index (χ3n) is 15.5. The van der Waals surface area contributed by atoms with E-state index in [1.807, 2.05) is 37.7 Å². The van der Waals surface area contributed by atoms with Crippen molar-refractivity contribution >= 4 is 5.97 Å². The number of nitrogens with zero attached hydrogens (tertiary/aromatic N) is 6. The molecule has 70 heavy (non-hydrogen) atoms. The molecule has 3 aliphatic rings. The summed E-state index contributed by atoms with van der Waals surface area (Å²) in [5, 5.41) is 77.3. The molecule has 3 aliphatic heterocycles. The number of methoxy groups -OCH3 is 1. The Hall–Kier alpha value is -3.23. The molecule has 0 bridgehead atoms. The smallest absolute Gasteiger partial charge is 0.311 e. The third-order valence-corrected chi connectivity index (χ3v) is 15.5. The minimum atomic E-state index is -1.85. The van der Waals surface area contributed by atoms with Crippen molar-refractivity contribution in [2.24, 2.45) is 17.8 Å². The number of likely N-dealkylation sites (N-methyl/N-ethyl adjacent to an activating group) is 2. The molecule has 2 aromatic rings. The molecule has 4 heterocycles. The summed E-state index contributed by atoms with van der Waals surface area (Å²) in [4.78, 5) is 18.4. The van der Waals surface area contributed by atoms with E-state index in [1.54, 1.807) is 78.9 Å². The molecule has 0 radical (unpaired) electrons. The van der Waals surface area contributed by atoms with Crippen LogP contribution in [0.1, 0.15) is 118 Å². The number of nitriles is 1. The van der Waals surface area contributed by atoms with Gasteiger partial charge < -0.3 is 63.8 Å². The summed E-state index contributed by atoms with van der Waals surface area (Å²) in [5.74, 6) is -2.86. The molecule has 1 aromatic carbocycles. The Kier molecular flexibility index (Phi) is 19.9. The van der Waals surface area contributed by atoms with Crippen molar-refractivity contribution in [3.8, 4) is 6.07 Å². The van der Waals surface area contributed by atoms with Gasteiger partial charge in [0.05, 0.1) is 64.9 Å². The van der Waals surface area contributed by atoms with Gasteiger partial charge in [-0.05, 0) is 112 Å². The fourth-order valence-corrected chi connectivity index (χ4v) is 10.9. The van der Waals surface area contributed by atoms with E-state index >= 15 is 0 Å². The van der Waals surface area contributed by atoms with Gasteiger partial charge in [0.2, 0.25) is 0 Å². The number of alkyl halides is 1. The molecule has 0 aliphatic carbocycles. The van der Waals surface area contributed by atoms with E-state index in [2.05, 4.69) is 16.4 Å². The molecule has 5 N–H and O–H groups in total. The first-order valence-corrected chi connectivity index (χ1v) is 25.0. The van der Waals surface area contributed by atoms with Crippen LogP contribution in [0, 0.1) is 29.1 Å². The first-order valence-electron chi connectivity index (χ1n) is 25.0. The van der Waals surface area contributed by atoms with Crippen molar-refractivity contribution in [1.29, 1.82) is 5.26 Å². The summed E-state index contributed by atoms with van der Waals surface area (Å²) < 4.78 is 54.0. The number of esters is 1. The maximum absolute atomic E-state index is 14.5. The van der Waals surface area contributed by atoms with Gasteiger partial charge in [0.15, 0.2) is 12.6 Å². The van der Waals surface area contributed by atoms with Crippen molar-refractivity contribution in [2.75, 3.05) is 41.0 Å². The first kappa shape index (κ1) is 57.7.